The molecule has 0 radical (unpaired) electrons. The van der Waals surface area contributed by atoms with Crippen LogP contribution in [0, 0.1) is 15.9 Å². The molecule has 0 bridgehead atoms. The summed E-state index contributed by atoms with van der Waals surface area (Å²) >= 11 is 3.36. The van der Waals surface area contributed by atoms with Crippen LogP contribution in [-0.2, 0) is 17.8 Å². The minimum atomic E-state index is -0.535. The molecule has 0 aliphatic rings. The van der Waals surface area contributed by atoms with Crippen LogP contribution >= 0.6 is 15.9 Å². The van der Waals surface area contributed by atoms with Gasteiger partial charge in [-0.15, -0.1) is 0 Å². The fraction of sp³-hybridized carbons (Fsp3) is 0.0909. The first-order chi connectivity index (χ1) is 14.9. The summed E-state index contributed by atoms with van der Waals surface area (Å²) < 4.78 is 20.3. The van der Waals surface area contributed by atoms with Crippen LogP contribution in [0.15, 0.2) is 76.3 Å². The van der Waals surface area contributed by atoms with E-state index in [2.05, 4.69) is 26.5 Å². The van der Waals surface area contributed by atoms with Crippen molar-refractivity contribution in [2.24, 2.45) is 5.10 Å². The minimum absolute atomic E-state index is 0.0270. The van der Waals surface area contributed by atoms with Crippen molar-refractivity contribution in [3.05, 3.63) is 104 Å². The van der Waals surface area contributed by atoms with Gasteiger partial charge in [0.25, 0.3) is 5.69 Å². The van der Waals surface area contributed by atoms with Gasteiger partial charge in [-0.3, -0.25) is 14.9 Å². The van der Waals surface area contributed by atoms with Crippen LogP contribution in [-0.4, -0.2) is 17.0 Å². The van der Waals surface area contributed by atoms with Gasteiger partial charge in [0.2, 0.25) is 5.91 Å². The highest BCUT2D eigenvalue weighted by Gasteiger charge is 2.15. The summed E-state index contributed by atoms with van der Waals surface area (Å²) in [4.78, 5) is 22.7. The lowest BCUT2D eigenvalue weighted by atomic mass is 10.1. The zero-order valence-electron chi connectivity index (χ0n) is 16.1. The standard InChI is InChI=1S/C22H17BrFN3O4/c23-18-9-10-21(31-14-16-6-1-3-7-19(16)24)17(11-18)13-25-26-22(28)12-15-5-2-4-8-20(15)27(29)30/h1-11,13H,12,14H2,(H,26,28)/b25-13+. The molecule has 0 aliphatic heterocycles. The molecule has 0 saturated carbocycles. The van der Waals surface area contributed by atoms with Crippen molar-refractivity contribution < 1.29 is 18.8 Å². The van der Waals surface area contributed by atoms with Gasteiger partial charge in [-0.1, -0.05) is 52.3 Å². The second kappa shape index (κ2) is 10.4. The number of rotatable bonds is 8. The number of carbonyl (C=O) groups is 1. The molecule has 7 nitrogen and oxygen atoms in total. The third-order valence-corrected chi connectivity index (χ3v) is 4.74. The second-order valence-corrected chi connectivity index (χ2v) is 7.33. The molecule has 0 atom stereocenters. The Morgan fingerprint density at radius 3 is 2.58 bits per heavy atom. The topological polar surface area (TPSA) is 93.8 Å². The molecule has 0 heterocycles. The summed E-state index contributed by atoms with van der Waals surface area (Å²) in [5.41, 5.74) is 3.47. The Balaban J connectivity index is 1.66. The average molecular weight is 486 g/mol. The number of nitro groups is 1. The lowest BCUT2D eigenvalue weighted by Gasteiger charge is -2.10. The molecule has 3 rings (SSSR count). The highest BCUT2D eigenvalue weighted by molar-refractivity contribution is 9.10. The number of ether oxygens (including phenoxy) is 1. The van der Waals surface area contributed by atoms with E-state index in [9.17, 15) is 19.3 Å². The normalized spacial score (nSPS) is 10.8. The number of amides is 1. The van der Waals surface area contributed by atoms with Gasteiger partial charge in [0.15, 0.2) is 0 Å². The first kappa shape index (κ1) is 22.1. The second-order valence-electron chi connectivity index (χ2n) is 6.42. The largest absolute Gasteiger partial charge is 0.488 e. The van der Waals surface area contributed by atoms with Gasteiger partial charge < -0.3 is 4.74 Å². The van der Waals surface area contributed by atoms with Gasteiger partial charge >= 0.3 is 0 Å². The molecule has 9 heteroatoms. The Kier molecular flexibility index (Phi) is 7.45. The zero-order valence-corrected chi connectivity index (χ0v) is 17.7. The van der Waals surface area contributed by atoms with E-state index in [1.165, 1.54) is 30.5 Å². The van der Waals surface area contributed by atoms with Crippen LogP contribution in [0.1, 0.15) is 16.7 Å². The molecule has 0 spiro atoms. The summed E-state index contributed by atoms with van der Waals surface area (Å²) in [5, 5.41) is 15.0. The molecule has 0 aromatic heterocycles. The van der Waals surface area contributed by atoms with Crippen molar-refractivity contribution in [1.82, 2.24) is 5.43 Å². The summed E-state index contributed by atoms with van der Waals surface area (Å²) in [6, 6.07) is 17.5. The van der Waals surface area contributed by atoms with Crippen molar-refractivity contribution in [3.8, 4) is 5.75 Å². The first-order valence-corrected chi connectivity index (χ1v) is 9.93. The van der Waals surface area contributed by atoms with Crippen LogP contribution in [0.2, 0.25) is 0 Å². The number of hydrazone groups is 1. The molecule has 0 aliphatic carbocycles. The van der Waals surface area contributed by atoms with E-state index in [1.54, 1.807) is 42.5 Å². The Bertz CT molecular complexity index is 1140. The van der Waals surface area contributed by atoms with E-state index in [-0.39, 0.29) is 30.1 Å². The average Bonchev–Trinajstić information content (AvgIpc) is 2.74. The summed E-state index contributed by atoms with van der Waals surface area (Å²) in [6.45, 7) is 0.0270. The molecular formula is C22H17BrFN3O4. The maximum atomic E-state index is 13.8. The number of benzene rings is 3. The van der Waals surface area contributed by atoms with E-state index >= 15 is 0 Å². The molecule has 0 unspecified atom stereocenters. The lowest BCUT2D eigenvalue weighted by Crippen LogP contribution is -2.20. The molecule has 158 valence electrons. The molecular weight excluding hydrogens is 469 g/mol. The molecule has 0 fully saturated rings. The van der Waals surface area contributed by atoms with Gasteiger partial charge in [-0.2, -0.15) is 5.10 Å². The summed E-state index contributed by atoms with van der Waals surface area (Å²) in [5.74, 6) is -0.422. The van der Waals surface area contributed by atoms with Crippen LogP contribution in [0.5, 0.6) is 5.75 Å². The SMILES string of the molecule is O=C(Cc1ccccc1[N+](=O)[O-])N/N=C/c1cc(Br)ccc1OCc1ccccc1F. The lowest BCUT2D eigenvalue weighted by molar-refractivity contribution is -0.385. The molecule has 31 heavy (non-hydrogen) atoms. The minimum Gasteiger partial charge on any atom is -0.488 e. The van der Waals surface area contributed by atoms with Gasteiger partial charge in [0.1, 0.15) is 18.2 Å². The Hall–Kier alpha value is -3.59. The van der Waals surface area contributed by atoms with Crippen LogP contribution in [0.25, 0.3) is 0 Å². The number of hydrogen-bond acceptors (Lipinski definition) is 5. The van der Waals surface area contributed by atoms with Crippen molar-refractivity contribution in [2.75, 3.05) is 0 Å². The summed E-state index contributed by atoms with van der Waals surface area (Å²) in [7, 11) is 0. The predicted octanol–water partition coefficient (Wildman–Crippen LogP) is 4.77. The van der Waals surface area contributed by atoms with E-state index in [0.29, 0.717) is 16.9 Å². The molecule has 3 aromatic rings. The molecule has 3 aromatic carbocycles. The highest BCUT2D eigenvalue weighted by atomic mass is 79.9. The van der Waals surface area contributed by atoms with Gasteiger partial charge in [0, 0.05) is 27.2 Å². The van der Waals surface area contributed by atoms with Crippen molar-refractivity contribution in [3.63, 3.8) is 0 Å². The van der Waals surface area contributed by atoms with Crippen molar-refractivity contribution in [2.45, 2.75) is 13.0 Å². The van der Waals surface area contributed by atoms with Crippen molar-refractivity contribution in [1.29, 1.82) is 0 Å². The fourth-order valence-electron chi connectivity index (χ4n) is 2.75. The third-order valence-electron chi connectivity index (χ3n) is 4.25. The van der Waals surface area contributed by atoms with E-state index < -0.39 is 10.8 Å². The number of para-hydroxylation sites is 1. The molecule has 1 amide bonds. The zero-order chi connectivity index (χ0) is 22.2. The Labute approximate surface area is 185 Å². The van der Waals surface area contributed by atoms with Gasteiger partial charge in [0.05, 0.1) is 17.6 Å². The van der Waals surface area contributed by atoms with Crippen LogP contribution in [0.4, 0.5) is 10.1 Å². The molecule has 1 N–H and O–H groups in total. The van der Waals surface area contributed by atoms with Gasteiger partial charge in [-0.25, -0.2) is 9.82 Å². The Morgan fingerprint density at radius 1 is 1.13 bits per heavy atom. The first-order valence-electron chi connectivity index (χ1n) is 9.14. The van der Waals surface area contributed by atoms with Crippen molar-refractivity contribution >= 4 is 33.7 Å². The third kappa shape index (κ3) is 6.19. The number of halogens is 2. The van der Waals surface area contributed by atoms with E-state index in [4.69, 9.17) is 4.74 Å². The van der Waals surface area contributed by atoms with E-state index in [1.807, 2.05) is 0 Å². The maximum Gasteiger partial charge on any atom is 0.273 e. The predicted molar refractivity (Wildman–Crippen MR) is 117 cm³/mol. The number of nitrogens with one attached hydrogen (secondary N) is 1. The number of hydrogen-bond donors (Lipinski definition) is 1. The number of nitrogens with zero attached hydrogens (tertiary/aromatic N) is 2. The van der Waals surface area contributed by atoms with Crippen LogP contribution < -0.4 is 10.2 Å². The van der Waals surface area contributed by atoms with Crippen LogP contribution in [0.3, 0.4) is 0 Å². The Morgan fingerprint density at radius 2 is 1.84 bits per heavy atom. The molecule has 0 saturated heterocycles. The smallest absolute Gasteiger partial charge is 0.273 e. The van der Waals surface area contributed by atoms with E-state index in [0.717, 1.165) is 4.47 Å². The summed E-state index contributed by atoms with van der Waals surface area (Å²) in [6.07, 6.45) is 1.20. The number of nitro benzene ring substituents is 1. The number of carbonyl (C=O) groups excluding carboxylic acids is 1. The maximum absolute atomic E-state index is 13.8. The van der Waals surface area contributed by atoms with Gasteiger partial charge in [-0.05, 0) is 24.3 Å². The quantitative estimate of drug-likeness (QED) is 0.282. The highest BCUT2D eigenvalue weighted by Crippen LogP contribution is 2.23. The fourth-order valence-corrected chi connectivity index (χ4v) is 3.13. The monoisotopic (exact) mass is 485 g/mol.